The normalized spacial score (nSPS) is 16.8. The molecule has 0 heterocycles. The average molecular weight is 269 g/mol. The number of aliphatic hydroxyl groups excluding tert-OH is 1. The Kier molecular flexibility index (Phi) is 5.03. The molecule has 0 radical (unpaired) electrons. The fourth-order valence-electron chi connectivity index (χ4n) is 1.76. The van der Waals surface area contributed by atoms with Gasteiger partial charge in [0.05, 0.1) is 0 Å². The third kappa shape index (κ3) is 4.26. The van der Waals surface area contributed by atoms with E-state index in [4.69, 9.17) is 5.11 Å². The van der Waals surface area contributed by atoms with Crippen LogP contribution in [-0.4, -0.2) is 23.0 Å². The number of halogens is 1. The van der Waals surface area contributed by atoms with Crippen molar-refractivity contribution in [1.29, 1.82) is 0 Å². The molecule has 4 heteroatoms. The topological polar surface area (TPSA) is 32.3 Å². The van der Waals surface area contributed by atoms with Crippen LogP contribution in [0.4, 0.5) is 4.39 Å². The SMILES string of the molecule is CC(CCO)Sc1ccc(CNC2CC2)cc1F. The molecule has 2 rings (SSSR count). The molecule has 2 N–H and O–H groups in total. The molecule has 0 saturated heterocycles. The molecule has 1 aromatic carbocycles. The molecule has 1 atom stereocenters. The summed E-state index contributed by atoms with van der Waals surface area (Å²) in [4.78, 5) is 0.672. The van der Waals surface area contributed by atoms with E-state index in [1.165, 1.54) is 24.6 Å². The molecule has 1 aliphatic rings. The Morgan fingerprint density at radius 3 is 2.89 bits per heavy atom. The molecule has 1 unspecified atom stereocenters. The van der Waals surface area contributed by atoms with E-state index in [9.17, 15) is 4.39 Å². The number of aliphatic hydroxyl groups is 1. The fraction of sp³-hybridized carbons (Fsp3) is 0.571. The molecule has 0 bridgehead atoms. The predicted octanol–water partition coefficient (Wildman–Crippen LogP) is 2.94. The van der Waals surface area contributed by atoms with E-state index in [-0.39, 0.29) is 17.7 Å². The van der Waals surface area contributed by atoms with Crippen molar-refractivity contribution in [1.82, 2.24) is 5.32 Å². The molecule has 0 aromatic heterocycles. The van der Waals surface area contributed by atoms with E-state index >= 15 is 0 Å². The Morgan fingerprint density at radius 1 is 1.50 bits per heavy atom. The Hall–Kier alpha value is -0.580. The minimum atomic E-state index is -0.153. The zero-order valence-corrected chi connectivity index (χ0v) is 11.5. The smallest absolute Gasteiger partial charge is 0.137 e. The minimum Gasteiger partial charge on any atom is -0.396 e. The van der Waals surface area contributed by atoms with Gasteiger partial charge in [0.15, 0.2) is 0 Å². The molecule has 2 nitrogen and oxygen atoms in total. The lowest BCUT2D eigenvalue weighted by Gasteiger charge is -2.11. The Bertz CT molecular complexity index is 395. The van der Waals surface area contributed by atoms with E-state index in [1.54, 1.807) is 6.07 Å². The number of rotatable bonds is 7. The van der Waals surface area contributed by atoms with Crippen molar-refractivity contribution < 1.29 is 9.50 Å². The summed E-state index contributed by atoms with van der Waals surface area (Å²) in [6.45, 7) is 2.90. The van der Waals surface area contributed by atoms with Gasteiger partial charge in [-0.3, -0.25) is 0 Å². The summed E-state index contributed by atoms with van der Waals surface area (Å²) in [6, 6.07) is 6.08. The van der Waals surface area contributed by atoms with Gasteiger partial charge in [-0.1, -0.05) is 13.0 Å². The summed E-state index contributed by atoms with van der Waals surface area (Å²) in [5, 5.41) is 12.5. The summed E-state index contributed by atoms with van der Waals surface area (Å²) in [5.74, 6) is -0.153. The summed E-state index contributed by atoms with van der Waals surface area (Å²) in [5.41, 5.74) is 0.999. The van der Waals surface area contributed by atoms with E-state index in [2.05, 4.69) is 5.32 Å². The van der Waals surface area contributed by atoms with Crippen LogP contribution >= 0.6 is 11.8 Å². The van der Waals surface area contributed by atoms with Crippen LogP contribution in [0.3, 0.4) is 0 Å². The molecule has 100 valence electrons. The maximum Gasteiger partial charge on any atom is 0.137 e. The monoisotopic (exact) mass is 269 g/mol. The van der Waals surface area contributed by atoms with Crippen molar-refractivity contribution in [2.75, 3.05) is 6.61 Å². The maximum atomic E-state index is 13.9. The molecular formula is C14H20FNOS. The second kappa shape index (κ2) is 6.55. The van der Waals surface area contributed by atoms with Crippen LogP contribution in [0.2, 0.25) is 0 Å². The highest BCUT2D eigenvalue weighted by atomic mass is 32.2. The lowest BCUT2D eigenvalue weighted by atomic mass is 10.2. The second-order valence-electron chi connectivity index (χ2n) is 4.86. The van der Waals surface area contributed by atoms with Gasteiger partial charge in [0.2, 0.25) is 0 Å². The lowest BCUT2D eigenvalue weighted by molar-refractivity contribution is 0.289. The first-order chi connectivity index (χ1) is 8.69. The average Bonchev–Trinajstić information content (AvgIpc) is 3.14. The number of benzene rings is 1. The second-order valence-corrected chi connectivity index (χ2v) is 6.34. The molecule has 1 aliphatic carbocycles. The number of thioether (sulfide) groups is 1. The van der Waals surface area contributed by atoms with Crippen LogP contribution in [0, 0.1) is 5.82 Å². The molecule has 1 fully saturated rings. The van der Waals surface area contributed by atoms with E-state index in [0.717, 1.165) is 12.1 Å². The largest absolute Gasteiger partial charge is 0.396 e. The molecule has 1 saturated carbocycles. The van der Waals surface area contributed by atoms with Crippen molar-refractivity contribution >= 4 is 11.8 Å². The van der Waals surface area contributed by atoms with Crippen LogP contribution in [0.25, 0.3) is 0 Å². The van der Waals surface area contributed by atoms with E-state index in [1.807, 2.05) is 19.1 Å². The summed E-state index contributed by atoms with van der Waals surface area (Å²) in [6.07, 6.45) is 3.18. The van der Waals surface area contributed by atoms with Crippen LogP contribution in [0.1, 0.15) is 31.7 Å². The first kappa shape index (κ1) is 13.8. The molecule has 0 aliphatic heterocycles. The molecular weight excluding hydrogens is 249 g/mol. The Balaban J connectivity index is 1.90. The van der Waals surface area contributed by atoms with Gasteiger partial charge >= 0.3 is 0 Å². The molecule has 18 heavy (non-hydrogen) atoms. The van der Waals surface area contributed by atoms with Crippen LogP contribution in [-0.2, 0) is 6.54 Å². The first-order valence-electron chi connectivity index (χ1n) is 6.48. The molecule has 0 amide bonds. The number of hydrogen-bond donors (Lipinski definition) is 2. The Labute approximate surface area is 112 Å². The van der Waals surface area contributed by atoms with Gasteiger partial charge < -0.3 is 10.4 Å². The van der Waals surface area contributed by atoms with Gasteiger partial charge in [0, 0.05) is 29.3 Å². The standard InChI is InChI=1S/C14H20FNOS/c1-10(6-7-17)18-14-5-2-11(8-13(14)15)9-16-12-3-4-12/h2,5,8,10,12,16-17H,3-4,6-7,9H2,1H3. The van der Waals surface area contributed by atoms with Crippen LogP contribution in [0.15, 0.2) is 23.1 Å². The molecule has 1 aromatic rings. The summed E-state index contributed by atoms with van der Waals surface area (Å²) >= 11 is 1.48. The minimum absolute atomic E-state index is 0.152. The number of hydrogen-bond acceptors (Lipinski definition) is 3. The third-order valence-corrected chi connectivity index (χ3v) is 4.26. The highest BCUT2D eigenvalue weighted by molar-refractivity contribution is 7.99. The number of nitrogens with one attached hydrogen (secondary N) is 1. The van der Waals surface area contributed by atoms with Crippen LogP contribution in [0.5, 0.6) is 0 Å². The van der Waals surface area contributed by atoms with Gasteiger partial charge in [-0.25, -0.2) is 4.39 Å². The van der Waals surface area contributed by atoms with Crippen molar-refractivity contribution in [3.8, 4) is 0 Å². The predicted molar refractivity (Wildman–Crippen MR) is 73.3 cm³/mol. The molecule has 0 spiro atoms. The van der Waals surface area contributed by atoms with Crippen LogP contribution < -0.4 is 5.32 Å². The van der Waals surface area contributed by atoms with Gasteiger partial charge in [-0.2, -0.15) is 0 Å². The lowest BCUT2D eigenvalue weighted by Crippen LogP contribution is -2.15. The fourth-order valence-corrected chi connectivity index (χ4v) is 2.73. The van der Waals surface area contributed by atoms with Crippen molar-refractivity contribution in [2.45, 2.75) is 48.9 Å². The van der Waals surface area contributed by atoms with Gasteiger partial charge in [0.25, 0.3) is 0 Å². The van der Waals surface area contributed by atoms with Crippen molar-refractivity contribution in [2.24, 2.45) is 0 Å². The van der Waals surface area contributed by atoms with Crippen molar-refractivity contribution in [3.63, 3.8) is 0 Å². The zero-order valence-electron chi connectivity index (χ0n) is 10.7. The van der Waals surface area contributed by atoms with E-state index < -0.39 is 0 Å². The quantitative estimate of drug-likeness (QED) is 0.747. The Morgan fingerprint density at radius 2 is 2.28 bits per heavy atom. The maximum absolute atomic E-state index is 13.9. The van der Waals surface area contributed by atoms with Gasteiger partial charge in [-0.05, 0) is 37.0 Å². The zero-order chi connectivity index (χ0) is 13.0. The van der Waals surface area contributed by atoms with Gasteiger partial charge in [-0.15, -0.1) is 11.8 Å². The van der Waals surface area contributed by atoms with E-state index in [0.29, 0.717) is 17.4 Å². The van der Waals surface area contributed by atoms with Gasteiger partial charge in [0.1, 0.15) is 5.82 Å². The summed E-state index contributed by atoms with van der Waals surface area (Å²) in [7, 11) is 0. The highest BCUT2D eigenvalue weighted by Gasteiger charge is 2.20. The highest BCUT2D eigenvalue weighted by Crippen LogP contribution is 2.28. The first-order valence-corrected chi connectivity index (χ1v) is 7.36. The third-order valence-electron chi connectivity index (χ3n) is 3.03. The summed E-state index contributed by atoms with van der Waals surface area (Å²) < 4.78 is 13.9. The van der Waals surface area contributed by atoms with Crippen molar-refractivity contribution in [3.05, 3.63) is 29.6 Å².